The maximum atomic E-state index is 12.6. The van der Waals surface area contributed by atoms with Gasteiger partial charge in [-0.25, -0.2) is 4.98 Å². The number of nitrogens with zero attached hydrogens (tertiary/aromatic N) is 1. The SMILES string of the molecule is Cc1cccc(NC(=O)C(=O)Nc2cccc(C(F)(F)F)c2)n1. The van der Waals surface area contributed by atoms with Crippen LogP contribution in [0.3, 0.4) is 0 Å². The molecule has 2 amide bonds. The van der Waals surface area contributed by atoms with E-state index < -0.39 is 23.6 Å². The lowest BCUT2D eigenvalue weighted by Crippen LogP contribution is -2.29. The van der Waals surface area contributed by atoms with Gasteiger partial charge < -0.3 is 10.6 Å². The second-order valence-corrected chi connectivity index (χ2v) is 4.65. The molecule has 0 spiro atoms. The van der Waals surface area contributed by atoms with Gasteiger partial charge in [0.15, 0.2) is 0 Å². The Kier molecular flexibility index (Phi) is 4.63. The summed E-state index contributed by atoms with van der Waals surface area (Å²) in [6.45, 7) is 1.71. The number of alkyl halides is 3. The maximum absolute atomic E-state index is 12.6. The van der Waals surface area contributed by atoms with Crippen molar-refractivity contribution in [3.8, 4) is 0 Å². The molecule has 0 unspecified atom stereocenters. The number of halogens is 3. The highest BCUT2D eigenvalue weighted by molar-refractivity contribution is 6.43. The Hall–Kier alpha value is -2.90. The molecular formula is C15H12F3N3O2. The fourth-order valence-electron chi connectivity index (χ4n) is 1.75. The Morgan fingerprint density at radius 1 is 1.00 bits per heavy atom. The van der Waals surface area contributed by atoms with Crippen LogP contribution in [0.2, 0.25) is 0 Å². The first kappa shape index (κ1) is 16.5. The van der Waals surface area contributed by atoms with Crippen LogP contribution in [0.1, 0.15) is 11.3 Å². The van der Waals surface area contributed by atoms with E-state index in [1.54, 1.807) is 19.1 Å². The van der Waals surface area contributed by atoms with Crippen molar-refractivity contribution in [2.24, 2.45) is 0 Å². The van der Waals surface area contributed by atoms with Crippen molar-refractivity contribution >= 4 is 23.3 Å². The molecule has 1 aromatic heterocycles. The first-order valence-corrected chi connectivity index (χ1v) is 6.49. The predicted octanol–water partition coefficient (Wildman–Crippen LogP) is 2.99. The van der Waals surface area contributed by atoms with E-state index in [2.05, 4.69) is 15.6 Å². The van der Waals surface area contributed by atoms with Crippen molar-refractivity contribution in [1.82, 2.24) is 4.98 Å². The lowest BCUT2D eigenvalue weighted by molar-refractivity contribution is -0.137. The number of rotatable bonds is 2. The minimum atomic E-state index is -4.53. The molecule has 5 nitrogen and oxygen atoms in total. The molecule has 0 fully saturated rings. The summed E-state index contributed by atoms with van der Waals surface area (Å²) in [5.74, 6) is -1.94. The van der Waals surface area contributed by atoms with Gasteiger partial charge in [-0.2, -0.15) is 13.2 Å². The van der Waals surface area contributed by atoms with Gasteiger partial charge in [-0.15, -0.1) is 0 Å². The molecule has 1 heterocycles. The monoisotopic (exact) mass is 323 g/mol. The third-order valence-electron chi connectivity index (χ3n) is 2.78. The topological polar surface area (TPSA) is 71.1 Å². The van der Waals surface area contributed by atoms with Gasteiger partial charge in [0.1, 0.15) is 5.82 Å². The Bertz CT molecular complexity index is 745. The number of pyridine rings is 1. The summed E-state index contributed by atoms with van der Waals surface area (Å²) in [5.41, 5.74) is -0.408. The molecule has 0 aliphatic carbocycles. The van der Waals surface area contributed by atoms with Crippen molar-refractivity contribution in [2.45, 2.75) is 13.1 Å². The van der Waals surface area contributed by atoms with Gasteiger partial charge in [0, 0.05) is 11.4 Å². The van der Waals surface area contributed by atoms with Crippen LogP contribution >= 0.6 is 0 Å². The first-order chi connectivity index (χ1) is 10.8. The first-order valence-electron chi connectivity index (χ1n) is 6.49. The molecule has 0 atom stereocenters. The van der Waals surface area contributed by atoms with Crippen LogP contribution in [0.4, 0.5) is 24.7 Å². The molecule has 0 saturated heterocycles. The van der Waals surface area contributed by atoms with Gasteiger partial charge in [-0.05, 0) is 37.3 Å². The number of carbonyl (C=O) groups excluding carboxylic acids is 2. The summed E-state index contributed by atoms with van der Waals surface area (Å²) in [4.78, 5) is 27.4. The van der Waals surface area contributed by atoms with E-state index in [1.165, 1.54) is 12.1 Å². The van der Waals surface area contributed by atoms with Crippen molar-refractivity contribution in [3.63, 3.8) is 0 Å². The van der Waals surface area contributed by atoms with Crippen LogP contribution in [0.5, 0.6) is 0 Å². The predicted molar refractivity (Wildman–Crippen MR) is 77.7 cm³/mol. The van der Waals surface area contributed by atoms with Gasteiger partial charge in [0.05, 0.1) is 5.56 Å². The number of anilines is 2. The number of nitrogens with one attached hydrogen (secondary N) is 2. The number of carbonyl (C=O) groups is 2. The molecular weight excluding hydrogens is 311 g/mol. The Balaban J connectivity index is 2.05. The van der Waals surface area contributed by atoms with E-state index in [1.807, 2.05) is 0 Å². The van der Waals surface area contributed by atoms with E-state index in [0.29, 0.717) is 5.69 Å². The fraction of sp³-hybridized carbons (Fsp3) is 0.133. The Morgan fingerprint density at radius 2 is 1.65 bits per heavy atom. The zero-order valence-electron chi connectivity index (χ0n) is 11.9. The van der Waals surface area contributed by atoms with Gasteiger partial charge in [0.2, 0.25) is 0 Å². The molecule has 0 aliphatic rings. The van der Waals surface area contributed by atoms with Crippen LogP contribution in [0.25, 0.3) is 0 Å². The molecule has 23 heavy (non-hydrogen) atoms. The summed E-state index contributed by atoms with van der Waals surface area (Å²) in [6.07, 6.45) is -4.53. The largest absolute Gasteiger partial charge is 0.416 e. The molecule has 2 rings (SSSR count). The zero-order chi connectivity index (χ0) is 17.0. The van der Waals surface area contributed by atoms with Gasteiger partial charge in [-0.1, -0.05) is 12.1 Å². The van der Waals surface area contributed by atoms with Crippen molar-refractivity contribution < 1.29 is 22.8 Å². The minimum Gasteiger partial charge on any atom is -0.318 e. The number of hydrogen-bond donors (Lipinski definition) is 2. The zero-order valence-corrected chi connectivity index (χ0v) is 11.9. The van der Waals surface area contributed by atoms with Gasteiger partial charge in [-0.3, -0.25) is 9.59 Å². The number of aromatic nitrogens is 1. The van der Waals surface area contributed by atoms with E-state index in [0.717, 1.165) is 18.2 Å². The van der Waals surface area contributed by atoms with E-state index in [4.69, 9.17) is 0 Å². The Morgan fingerprint density at radius 3 is 2.30 bits per heavy atom. The summed E-state index contributed by atoms with van der Waals surface area (Å²) in [6, 6.07) is 8.84. The summed E-state index contributed by atoms with van der Waals surface area (Å²) in [7, 11) is 0. The third kappa shape index (κ3) is 4.53. The average Bonchev–Trinajstić information content (AvgIpc) is 2.46. The number of benzene rings is 1. The molecule has 0 radical (unpaired) electrons. The molecule has 8 heteroatoms. The lowest BCUT2D eigenvalue weighted by Gasteiger charge is -2.10. The summed E-state index contributed by atoms with van der Waals surface area (Å²) in [5, 5.41) is 4.37. The normalized spacial score (nSPS) is 11.0. The smallest absolute Gasteiger partial charge is 0.318 e. The molecule has 120 valence electrons. The van der Waals surface area contributed by atoms with Gasteiger partial charge >= 0.3 is 18.0 Å². The van der Waals surface area contributed by atoms with Crippen molar-refractivity contribution in [3.05, 3.63) is 53.7 Å². The average molecular weight is 323 g/mol. The Labute approximate surface area is 129 Å². The molecule has 0 bridgehead atoms. The van der Waals surface area contributed by atoms with E-state index in [-0.39, 0.29) is 11.5 Å². The lowest BCUT2D eigenvalue weighted by atomic mass is 10.2. The maximum Gasteiger partial charge on any atom is 0.416 e. The highest BCUT2D eigenvalue weighted by Gasteiger charge is 2.30. The minimum absolute atomic E-state index is 0.128. The van der Waals surface area contributed by atoms with Crippen LogP contribution in [0, 0.1) is 6.92 Å². The van der Waals surface area contributed by atoms with Gasteiger partial charge in [0.25, 0.3) is 0 Å². The number of aryl methyl sites for hydroxylation is 1. The number of amides is 2. The molecule has 0 saturated carbocycles. The highest BCUT2D eigenvalue weighted by atomic mass is 19.4. The second kappa shape index (κ2) is 6.47. The molecule has 0 aliphatic heterocycles. The summed E-state index contributed by atoms with van der Waals surface area (Å²) >= 11 is 0. The second-order valence-electron chi connectivity index (χ2n) is 4.65. The standard InChI is InChI=1S/C15H12F3N3O2/c1-9-4-2-7-12(19-9)21-14(23)13(22)20-11-6-3-5-10(8-11)15(16,17)18/h2-8H,1H3,(H,20,22)(H,19,21,23). The van der Waals surface area contributed by atoms with E-state index in [9.17, 15) is 22.8 Å². The highest BCUT2D eigenvalue weighted by Crippen LogP contribution is 2.30. The van der Waals surface area contributed by atoms with Crippen molar-refractivity contribution in [1.29, 1.82) is 0 Å². The molecule has 2 N–H and O–H groups in total. The molecule has 1 aromatic carbocycles. The third-order valence-corrected chi connectivity index (χ3v) is 2.78. The summed E-state index contributed by atoms with van der Waals surface area (Å²) < 4.78 is 37.8. The van der Waals surface area contributed by atoms with Crippen LogP contribution < -0.4 is 10.6 Å². The van der Waals surface area contributed by atoms with Crippen LogP contribution in [-0.2, 0) is 15.8 Å². The number of hydrogen-bond acceptors (Lipinski definition) is 3. The quantitative estimate of drug-likeness (QED) is 0.835. The van der Waals surface area contributed by atoms with Crippen LogP contribution in [-0.4, -0.2) is 16.8 Å². The van der Waals surface area contributed by atoms with Crippen LogP contribution in [0.15, 0.2) is 42.5 Å². The fourth-order valence-corrected chi connectivity index (χ4v) is 1.75. The molecule has 2 aromatic rings. The van der Waals surface area contributed by atoms with E-state index >= 15 is 0 Å². The van der Waals surface area contributed by atoms with Crippen molar-refractivity contribution in [2.75, 3.05) is 10.6 Å².